The lowest BCUT2D eigenvalue weighted by Crippen LogP contribution is -2.22. The molecule has 2 nitrogen and oxygen atoms in total. The Bertz CT molecular complexity index is 297. The van der Waals surface area contributed by atoms with Crippen LogP contribution >= 0.6 is 11.6 Å². The lowest BCUT2D eigenvalue weighted by Gasteiger charge is -2.23. The van der Waals surface area contributed by atoms with Crippen LogP contribution in [-0.2, 0) is 0 Å². The van der Waals surface area contributed by atoms with Crippen molar-refractivity contribution in [1.29, 1.82) is 0 Å². The van der Waals surface area contributed by atoms with Crippen molar-refractivity contribution in [2.24, 2.45) is 5.41 Å². The van der Waals surface area contributed by atoms with Gasteiger partial charge in [-0.25, -0.2) is 4.98 Å². The third-order valence-electron chi connectivity index (χ3n) is 2.42. The maximum Gasteiger partial charge on any atom is 0.131 e. The maximum atomic E-state index is 5.78. The Kier molecular flexibility index (Phi) is 3.76. The van der Waals surface area contributed by atoms with Crippen LogP contribution in [0.15, 0.2) is 18.2 Å². The van der Waals surface area contributed by atoms with Crippen molar-refractivity contribution in [2.75, 3.05) is 11.9 Å². The first-order chi connectivity index (χ1) is 6.53. The van der Waals surface area contributed by atoms with Gasteiger partial charge in [0.05, 0.1) is 0 Å². The second-order valence-corrected chi connectivity index (χ2v) is 4.60. The third kappa shape index (κ3) is 3.54. The first-order valence-corrected chi connectivity index (χ1v) is 5.28. The minimum atomic E-state index is 0.296. The molecular formula is C11H17ClN2. The Balaban J connectivity index is 2.54. The number of pyridine rings is 1. The van der Waals surface area contributed by atoms with Gasteiger partial charge < -0.3 is 5.32 Å². The largest absolute Gasteiger partial charge is 0.369 e. The molecule has 0 bridgehead atoms. The molecule has 14 heavy (non-hydrogen) atoms. The standard InChI is InChI=1S/C11H17ClN2/c1-4-11(2,3)8-13-10-7-5-6-9(12)14-10/h5-7H,4,8H2,1-3H3,(H,13,14). The highest BCUT2D eigenvalue weighted by Gasteiger charge is 2.14. The van der Waals surface area contributed by atoms with Crippen LogP contribution in [-0.4, -0.2) is 11.5 Å². The monoisotopic (exact) mass is 212 g/mol. The van der Waals surface area contributed by atoms with E-state index in [0.29, 0.717) is 10.6 Å². The molecule has 1 aromatic heterocycles. The zero-order valence-corrected chi connectivity index (χ0v) is 9.73. The van der Waals surface area contributed by atoms with E-state index >= 15 is 0 Å². The van der Waals surface area contributed by atoms with E-state index in [1.54, 1.807) is 6.07 Å². The summed E-state index contributed by atoms with van der Waals surface area (Å²) in [7, 11) is 0. The van der Waals surface area contributed by atoms with Gasteiger partial charge in [0.1, 0.15) is 11.0 Å². The van der Waals surface area contributed by atoms with E-state index in [1.165, 1.54) is 0 Å². The molecule has 0 unspecified atom stereocenters. The number of rotatable bonds is 4. The van der Waals surface area contributed by atoms with Gasteiger partial charge >= 0.3 is 0 Å². The van der Waals surface area contributed by atoms with Gasteiger partial charge in [0.2, 0.25) is 0 Å². The fourth-order valence-corrected chi connectivity index (χ4v) is 1.13. The van der Waals surface area contributed by atoms with E-state index in [0.717, 1.165) is 18.8 Å². The minimum absolute atomic E-state index is 0.296. The van der Waals surface area contributed by atoms with Crippen LogP contribution in [0.1, 0.15) is 27.2 Å². The average Bonchev–Trinajstić information content (AvgIpc) is 2.15. The molecule has 1 heterocycles. The molecule has 0 radical (unpaired) electrons. The van der Waals surface area contributed by atoms with Crippen LogP contribution in [0.4, 0.5) is 5.82 Å². The van der Waals surface area contributed by atoms with Crippen molar-refractivity contribution in [3.05, 3.63) is 23.4 Å². The second kappa shape index (κ2) is 4.65. The smallest absolute Gasteiger partial charge is 0.131 e. The summed E-state index contributed by atoms with van der Waals surface area (Å²) in [6.07, 6.45) is 1.14. The molecule has 3 heteroatoms. The van der Waals surface area contributed by atoms with Crippen molar-refractivity contribution in [2.45, 2.75) is 27.2 Å². The first kappa shape index (κ1) is 11.3. The molecule has 1 N–H and O–H groups in total. The lowest BCUT2D eigenvalue weighted by atomic mass is 9.90. The summed E-state index contributed by atoms with van der Waals surface area (Å²) in [6.45, 7) is 7.55. The van der Waals surface area contributed by atoms with Gasteiger partial charge in [0.15, 0.2) is 0 Å². The van der Waals surface area contributed by atoms with Gasteiger partial charge in [0, 0.05) is 6.54 Å². The van der Waals surface area contributed by atoms with Crippen LogP contribution < -0.4 is 5.32 Å². The molecule has 78 valence electrons. The van der Waals surface area contributed by atoms with Crippen molar-refractivity contribution < 1.29 is 0 Å². The predicted molar refractivity (Wildman–Crippen MR) is 61.8 cm³/mol. The van der Waals surface area contributed by atoms with Crippen LogP contribution in [0.5, 0.6) is 0 Å². The van der Waals surface area contributed by atoms with Gasteiger partial charge in [-0.3, -0.25) is 0 Å². The molecule has 0 amide bonds. The summed E-state index contributed by atoms with van der Waals surface area (Å²) in [5.74, 6) is 0.846. The van der Waals surface area contributed by atoms with Crippen molar-refractivity contribution >= 4 is 17.4 Å². The number of nitrogens with zero attached hydrogens (tertiary/aromatic N) is 1. The molecule has 0 atom stereocenters. The quantitative estimate of drug-likeness (QED) is 0.772. The van der Waals surface area contributed by atoms with Gasteiger partial charge in [-0.05, 0) is 24.0 Å². The van der Waals surface area contributed by atoms with Crippen molar-refractivity contribution in [3.63, 3.8) is 0 Å². The van der Waals surface area contributed by atoms with Gasteiger partial charge in [0.25, 0.3) is 0 Å². The van der Waals surface area contributed by atoms with E-state index in [9.17, 15) is 0 Å². The van der Waals surface area contributed by atoms with E-state index < -0.39 is 0 Å². The Hall–Kier alpha value is -0.760. The van der Waals surface area contributed by atoms with E-state index in [2.05, 4.69) is 31.1 Å². The van der Waals surface area contributed by atoms with Gasteiger partial charge in [-0.2, -0.15) is 0 Å². The molecule has 0 aliphatic carbocycles. The van der Waals surface area contributed by atoms with Crippen LogP contribution in [0.2, 0.25) is 5.15 Å². The molecule has 0 aromatic carbocycles. The number of halogens is 1. The van der Waals surface area contributed by atoms with E-state index in [4.69, 9.17) is 11.6 Å². The summed E-state index contributed by atoms with van der Waals surface area (Å²) in [6, 6.07) is 5.60. The fraction of sp³-hybridized carbons (Fsp3) is 0.545. The minimum Gasteiger partial charge on any atom is -0.369 e. The Morgan fingerprint density at radius 2 is 2.14 bits per heavy atom. The molecule has 0 aliphatic heterocycles. The summed E-state index contributed by atoms with van der Waals surface area (Å²) >= 11 is 5.78. The molecule has 0 saturated heterocycles. The summed E-state index contributed by atoms with van der Waals surface area (Å²) < 4.78 is 0. The van der Waals surface area contributed by atoms with Gasteiger partial charge in [-0.1, -0.05) is 38.4 Å². The third-order valence-corrected chi connectivity index (χ3v) is 2.63. The maximum absolute atomic E-state index is 5.78. The lowest BCUT2D eigenvalue weighted by molar-refractivity contribution is 0.376. The highest BCUT2D eigenvalue weighted by Crippen LogP contribution is 2.20. The van der Waals surface area contributed by atoms with Crippen LogP contribution in [0.3, 0.4) is 0 Å². The number of aromatic nitrogens is 1. The summed E-state index contributed by atoms with van der Waals surface area (Å²) in [5.41, 5.74) is 0.296. The van der Waals surface area contributed by atoms with Crippen molar-refractivity contribution in [1.82, 2.24) is 4.98 Å². The van der Waals surface area contributed by atoms with Gasteiger partial charge in [-0.15, -0.1) is 0 Å². The first-order valence-electron chi connectivity index (χ1n) is 4.90. The Morgan fingerprint density at radius 3 is 2.71 bits per heavy atom. The molecule has 1 aromatic rings. The molecule has 0 aliphatic rings. The second-order valence-electron chi connectivity index (χ2n) is 4.22. The highest BCUT2D eigenvalue weighted by molar-refractivity contribution is 6.29. The number of hydrogen-bond acceptors (Lipinski definition) is 2. The van der Waals surface area contributed by atoms with Crippen LogP contribution in [0.25, 0.3) is 0 Å². The highest BCUT2D eigenvalue weighted by atomic mass is 35.5. The van der Waals surface area contributed by atoms with Crippen LogP contribution in [0, 0.1) is 5.41 Å². The summed E-state index contributed by atoms with van der Waals surface area (Å²) in [4.78, 5) is 4.16. The van der Waals surface area contributed by atoms with E-state index in [1.807, 2.05) is 12.1 Å². The molecule has 0 spiro atoms. The number of nitrogens with one attached hydrogen (secondary N) is 1. The fourth-order valence-electron chi connectivity index (χ4n) is 0.962. The topological polar surface area (TPSA) is 24.9 Å². The molecule has 0 fully saturated rings. The van der Waals surface area contributed by atoms with Crippen molar-refractivity contribution in [3.8, 4) is 0 Å². The number of hydrogen-bond donors (Lipinski definition) is 1. The average molecular weight is 213 g/mol. The Morgan fingerprint density at radius 1 is 1.43 bits per heavy atom. The molecular weight excluding hydrogens is 196 g/mol. The number of anilines is 1. The predicted octanol–water partition coefficient (Wildman–Crippen LogP) is 3.58. The summed E-state index contributed by atoms with van der Waals surface area (Å²) in [5, 5.41) is 3.81. The normalized spacial score (nSPS) is 11.4. The van der Waals surface area contributed by atoms with E-state index in [-0.39, 0.29) is 0 Å². The SMILES string of the molecule is CCC(C)(C)CNc1cccc(Cl)n1. The molecule has 1 rings (SSSR count). The zero-order chi connectivity index (χ0) is 10.6. The molecule has 0 saturated carbocycles. The zero-order valence-electron chi connectivity index (χ0n) is 8.97. The Labute approximate surface area is 90.7 Å².